The number of hydrogen-bond donors (Lipinski definition) is 0. The van der Waals surface area contributed by atoms with Gasteiger partial charge in [-0.3, -0.25) is 0 Å². The van der Waals surface area contributed by atoms with Crippen LogP contribution < -0.4 is 0 Å². The predicted octanol–water partition coefficient (Wildman–Crippen LogP) is 1.84. The monoisotopic (exact) mass is 251 g/mol. The van der Waals surface area contributed by atoms with Gasteiger partial charge in [0.25, 0.3) is 0 Å². The number of esters is 1. The van der Waals surface area contributed by atoms with Gasteiger partial charge in [-0.15, -0.1) is 5.10 Å². The Morgan fingerprint density at radius 3 is 3.18 bits per heavy atom. The van der Waals surface area contributed by atoms with Gasteiger partial charge in [-0.1, -0.05) is 17.1 Å². The average Bonchev–Trinajstić information content (AvgIpc) is 2.93. The van der Waals surface area contributed by atoms with Crippen molar-refractivity contribution >= 4 is 17.5 Å². The maximum atomic E-state index is 11.7. The summed E-state index contributed by atoms with van der Waals surface area (Å²) in [6.45, 7) is 5.32. The molecule has 2 aromatic heterocycles. The molecular weight excluding hydrogens is 242 g/mol. The van der Waals surface area contributed by atoms with E-state index in [1.807, 2.05) is 0 Å². The maximum Gasteiger partial charge on any atom is 0.352 e. The smallest absolute Gasteiger partial charge is 0.352 e. The fourth-order valence-corrected chi connectivity index (χ4v) is 1.73. The Morgan fingerprint density at radius 2 is 2.53 bits per heavy atom. The van der Waals surface area contributed by atoms with Crippen LogP contribution in [0.1, 0.15) is 15.6 Å². The normalized spacial score (nSPS) is 10.2. The summed E-state index contributed by atoms with van der Waals surface area (Å²) >= 11 is 0.961. The fourth-order valence-electron chi connectivity index (χ4n) is 1.16. The zero-order valence-electron chi connectivity index (χ0n) is 9.04. The first-order valence-corrected chi connectivity index (χ1v) is 5.52. The van der Waals surface area contributed by atoms with E-state index in [0.29, 0.717) is 22.2 Å². The second kappa shape index (κ2) is 4.88. The van der Waals surface area contributed by atoms with E-state index in [0.717, 1.165) is 11.5 Å². The van der Waals surface area contributed by atoms with Crippen molar-refractivity contribution in [1.29, 1.82) is 0 Å². The van der Waals surface area contributed by atoms with E-state index in [4.69, 9.17) is 9.15 Å². The number of oxazole rings is 1. The highest BCUT2D eigenvalue weighted by molar-refractivity contribution is 7.08. The molecular formula is C10H9N3O3S. The van der Waals surface area contributed by atoms with Gasteiger partial charge in [-0.25, -0.2) is 9.78 Å². The van der Waals surface area contributed by atoms with Crippen LogP contribution in [-0.4, -0.2) is 27.1 Å². The molecule has 0 aliphatic carbocycles. The van der Waals surface area contributed by atoms with Crippen molar-refractivity contribution in [3.05, 3.63) is 29.7 Å². The van der Waals surface area contributed by atoms with Crippen molar-refractivity contribution in [1.82, 2.24) is 14.6 Å². The van der Waals surface area contributed by atoms with E-state index >= 15 is 0 Å². The molecule has 2 aromatic rings. The molecule has 0 aliphatic rings. The van der Waals surface area contributed by atoms with Gasteiger partial charge in [0.15, 0.2) is 10.8 Å². The summed E-state index contributed by atoms with van der Waals surface area (Å²) in [4.78, 5) is 16.1. The van der Waals surface area contributed by atoms with Crippen LogP contribution in [0, 0.1) is 6.92 Å². The zero-order valence-corrected chi connectivity index (χ0v) is 9.86. The van der Waals surface area contributed by atoms with E-state index in [9.17, 15) is 4.79 Å². The summed E-state index contributed by atoms with van der Waals surface area (Å²) < 4.78 is 13.7. The molecule has 0 atom stereocenters. The molecule has 0 spiro atoms. The van der Waals surface area contributed by atoms with Crippen molar-refractivity contribution in [2.75, 3.05) is 6.61 Å². The molecule has 0 saturated carbocycles. The van der Waals surface area contributed by atoms with Gasteiger partial charge in [-0.2, -0.15) is 0 Å². The Hall–Kier alpha value is -2.02. The molecule has 2 rings (SSSR count). The largest absolute Gasteiger partial charge is 0.457 e. The number of carbonyl (C=O) groups is 1. The summed E-state index contributed by atoms with van der Waals surface area (Å²) in [7, 11) is 0. The van der Waals surface area contributed by atoms with Crippen LogP contribution in [0.15, 0.2) is 23.3 Å². The third-order valence-electron chi connectivity index (χ3n) is 1.87. The van der Waals surface area contributed by atoms with Crippen molar-refractivity contribution < 1.29 is 13.9 Å². The Kier molecular flexibility index (Phi) is 3.29. The summed E-state index contributed by atoms with van der Waals surface area (Å²) in [5.74, 6) is 0.00830. The van der Waals surface area contributed by atoms with Crippen LogP contribution in [0.25, 0.3) is 11.4 Å². The van der Waals surface area contributed by atoms with Crippen molar-refractivity contribution in [3.8, 4) is 11.4 Å². The Bertz CT molecular complexity index is 546. The molecule has 0 aliphatic heterocycles. The molecule has 0 fully saturated rings. The molecule has 0 N–H and O–H groups in total. The quantitative estimate of drug-likeness (QED) is 0.609. The minimum Gasteiger partial charge on any atom is -0.457 e. The minimum absolute atomic E-state index is 0.147. The third-order valence-corrected chi connectivity index (χ3v) is 2.57. The number of carbonyl (C=O) groups excluding carboxylic acids is 1. The summed E-state index contributed by atoms with van der Waals surface area (Å²) in [5.41, 5.74) is 0.850. The van der Waals surface area contributed by atoms with Crippen molar-refractivity contribution in [3.63, 3.8) is 0 Å². The number of aryl methyl sites for hydroxylation is 1. The first kappa shape index (κ1) is 11.5. The summed E-state index contributed by atoms with van der Waals surface area (Å²) in [6.07, 6.45) is 2.92. The Labute approximate surface area is 101 Å². The minimum atomic E-state index is -0.490. The highest BCUT2D eigenvalue weighted by Crippen LogP contribution is 2.23. The highest BCUT2D eigenvalue weighted by atomic mass is 32.1. The number of ether oxygens (including phenoxy) is 1. The third kappa shape index (κ3) is 2.39. The Balaban J connectivity index is 2.28. The standard InChI is InChI=1S/C10H9N3O3S/c1-3-4-15-10(14)9-8(12-13-17-9)7-5-16-6(2)11-7/h3,5H,1,4H2,2H3. The Morgan fingerprint density at radius 1 is 1.71 bits per heavy atom. The van der Waals surface area contributed by atoms with E-state index in [1.54, 1.807) is 6.92 Å². The predicted molar refractivity (Wildman–Crippen MR) is 60.6 cm³/mol. The molecule has 0 radical (unpaired) electrons. The number of aromatic nitrogens is 3. The fraction of sp³-hybridized carbons (Fsp3) is 0.200. The molecule has 17 heavy (non-hydrogen) atoms. The van der Waals surface area contributed by atoms with E-state index < -0.39 is 5.97 Å². The maximum absolute atomic E-state index is 11.7. The second-order valence-electron chi connectivity index (χ2n) is 3.09. The summed E-state index contributed by atoms with van der Waals surface area (Å²) in [5, 5.41) is 3.85. The first-order valence-electron chi connectivity index (χ1n) is 4.75. The van der Waals surface area contributed by atoms with Crippen LogP contribution in [0.5, 0.6) is 0 Å². The molecule has 0 aromatic carbocycles. The lowest BCUT2D eigenvalue weighted by atomic mass is 10.3. The van der Waals surface area contributed by atoms with Crippen LogP contribution in [0.2, 0.25) is 0 Å². The van der Waals surface area contributed by atoms with Gasteiger partial charge < -0.3 is 9.15 Å². The lowest BCUT2D eigenvalue weighted by molar-refractivity contribution is 0.0556. The lowest BCUT2D eigenvalue weighted by Gasteiger charge is -1.98. The van der Waals surface area contributed by atoms with Crippen molar-refractivity contribution in [2.45, 2.75) is 6.92 Å². The number of nitrogens with zero attached hydrogens (tertiary/aromatic N) is 3. The zero-order chi connectivity index (χ0) is 12.3. The van der Waals surface area contributed by atoms with E-state index in [-0.39, 0.29) is 6.61 Å². The molecule has 2 heterocycles. The SMILES string of the molecule is C=CCOC(=O)c1snnc1-c1coc(C)n1. The van der Waals surface area contributed by atoms with Gasteiger partial charge in [0.05, 0.1) is 0 Å². The first-order chi connectivity index (χ1) is 8.22. The average molecular weight is 251 g/mol. The molecule has 0 bridgehead atoms. The van der Waals surface area contributed by atoms with Crippen LogP contribution >= 0.6 is 11.5 Å². The lowest BCUT2D eigenvalue weighted by Crippen LogP contribution is -2.04. The van der Waals surface area contributed by atoms with Gasteiger partial charge in [0, 0.05) is 6.92 Å². The van der Waals surface area contributed by atoms with E-state index in [1.165, 1.54) is 12.3 Å². The topological polar surface area (TPSA) is 78.1 Å². The van der Waals surface area contributed by atoms with E-state index in [2.05, 4.69) is 21.1 Å². The molecule has 88 valence electrons. The van der Waals surface area contributed by atoms with Crippen LogP contribution in [-0.2, 0) is 4.74 Å². The molecule has 0 saturated heterocycles. The van der Waals surface area contributed by atoms with Crippen LogP contribution in [0.3, 0.4) is 0 Å². The van der Waals surface area contributed by atoms with Crippen molar-refractivity contribution in [2.24, 2.45) is 0 Å². The molecule has 7 heteroatoms. The van der Waals surface area contributed by atoms with Gasteiger partial charge in [-0.05, 0) is 11.5 Å². The molecule has 0 amide bonds. The summed E-state index contributed by atoms with van der Waals surface area (Å²) in [6, 6.07) is 0. The number of hydrogen-bond acceptors (Lipinski definition) is 7. The molecule has 0 unspecified atom stereocenters. The second-order valence-corrected chi connectivity index (χ2v) is 3.84. The van der Waals surface area contributed by atoms with Crippen LogP contribution in [0.4, 0.5) is 0 Å². The van der Waals surface area contributed by atoms with Gasteiger partial charge >= 0.3 is 5.97 Å². The highest BCUT2D eigenvalue weighted by Gasteiger charge is 2.21. The number of rotatable bonds is 4. The molecule has 6 nitrogen and oxygen atoms in total. The van der Waals surface area contributed by atoms with Gasteiger partial charge in [0.1, 0.15) is 24.3 Å². The van der Waals surface area contributed by atoms with Gasteiger partial charge in [0.2, 0.25) is 0 Å².